The fraction of sp³-hybridized carbons (Fsp3) is 0.462. The normalized spacial score (nSPS) is 14.2. The molecule has 0 fully saturated rings. The van der Waals surface area contributed by atoms with Gasteiger partial charge in [0.2, 0.25) is 0 Å². The Morgan fingerprint density at radius 2 is 1.81 bits per heavy atom. The van der Waals surface area contributed by atoms with Crippen molar-refractivity contribution in [3.63, 3.8) is 0 Å². The molecule has 1 unspecified atom stereocenters. The quantitative estimate of drug-likeness (QED) is 0.787. The number of hydrogen-bond acceptors (Lipinski definition) is 3. The largest absolute Gasteiger partial charge is 0.468 e. The first kappa shape index (κ1) is 12.7. The Labute approximate surface area is 96.6 Å². The Hall–Kier alpha value is -1.35. The zero-order valence-electron chi connectivity index (χ0n) is 10.1. The molecular weight excluding hydrogens is 202 g/mol. The summed E-state index contributed by atoms with van der Waals surface area (Å²) in [5.74, 6) is -0.382. The van der Waals surface area contributed by atoms with E-state index in [4.69, 9.17) is 5.73 Å². The first-order valence-electron chi connectivity index (χ1n) is 5.44. The number of ether oxygens (including phenoxy) is 1. The van der Waals surface area contributed by atoms with Crippen LogP contribution in [0, 0.1) is 0 Å². The van der Waals surface area contributed by atoms with Crippen molar-refractivity contribution in [1.29, 1.82) is 0 Å². The van der Waals surface area contributed by atoms with Crippen molar-refractivity contribution in [2.75, 3.05) is 7.11 Å². The lowest BCUT2D eigenvalue weighted by molar-refractivity contribution is -0.146. The average Bonchev–Trinajstić information content (AvgIpc) is 2.28. The van der Waals surface area contributed by atoms with Crippen molar-refractivity contribution < 1.29 is 9.53 Å². The molecule has 0 aliphatic heterocycles. The maximum Gasteiger partial charge on any atom is 0.325 e. The van der Waals surface area contributed by atoms with Crippen molar-refractivity contribution in [3.05, 3.63) is 35.4 Å². The molecule has 1 atom stereocenters. The number of aryl methyl sites for hydroxylation is 1. The van der Waals surface area contributed by atoms with Gasteiger partial charge < -0.3 is 10.5 Å². The summed E-state index contributed by atoms with van der Waals surface area (Å²) in [7, 11) is 1.35. The minimum Gasteiger partial charge on any atom is -0.468 e. The first-order chi connectivity index (χ1) is 7.49. The summed E-state index contributed by atoms with van der Waals surface area (Å²) >= 11 is 0. The van der Waals surface area contributed by atoms with Gasteiger partial charge in [-0.25, -0.2) is 0 Å². The summed E-state index contributed by atoms with van der Waals surface area (Å²) in [4.78, 5) is 11.4. The second-order valence-electron chi connectivity index (χ2n) is 4.26. The third-order valence-corrected chi connectivity index (χ3v) is 2.65. The van der Waals surface area contributed by atoms with E-state index in [1.54, 1.807) is 6.92 Å². The van der Waals surface area contributed by atoms with Crippen LogP contribution in [0.4, 0.5) is 0 Å². The van der Waals surface area contributed by atoms with Crippen molar-refractivity contribution in [3.8, 4) is 0 Å². The summed E-state index contributed by atoms with van der Waals surface area (Å²) in [6, 6.07) is 8.13. The molecule has 0 aliphatic rings. The molecule has 0 amide bonds. The van der Waals surface area contributed by atoms with Crippen molar-refractivity contribution in [2.45, 2.75) is 32.2 Å². The van der Waals surface area contributed by atoms with Crippen LogP contribution in [-0.2, 0) is 22.4 Å². The Bertz CT molecular complexity index is 355. The summed E-state index contributed by atoms with van der Waals surface area (Å²) in [6.07, 6.45) is 1.50. The molecule has 3 nitrogen and oxygen atoms in total. The van der Waals surface area contributed by atoms with Gasteiger partial charge in [0, 0.05) is 6.42 Å². The van der Waals surface area contributed by atoms with E-state index in [0.29, 0.717) is 6.42 Å². The molecule has 1 rings (SSSR count). The highest BCUT2D eigenvalue weighted by Crippen LogP contribution is 2.13. The van der Waals surface area contributed by atoms with Gasteiger partial charge in [-0.2, -0.15) is 0 Å². The maximum atomic E-state index is 11.4. The summed E-state index contributed by atoms with van der Waals surface area (Å²) < 4.78 is 4.67. The highest BCUT2D eigenvalue weighted by atomic mass is 16.5. The van der Waals surface area contributed by atoms with E-state index in [1.807, 2.05) is 12.1 Å². The minimum atomic E-state index is -0.956. The van der Waals surface area contributed by atoms with E-state index in [0.717, 1.165) is 12.0 Å². The van der Waals surface area contributed by atoms with E-state index in [-0.39, 0.29) is 5.97 Å². The van der Waals surface area contributed by atoms with Gasteiger partial charge in [0.15, 0.2) is 0 Å². The van der Waals surface area contributed by atoms with Gasteiger partial charge in [-0.1, -0.05) is 31.2 Å². The van der Waals surface area contributed by atoms with Gasteiger partial charge in [-0.3, -0.25) is 4.79 Å². The lowest BCUT2D eigenvalue weighted by atomic mass is 9.93. The van der Waals surface area contributed by atoms with Crippen LogP contribution in [0.1, 0.15) is 25.0 Å². The van der Waals surface area contributed by atoms with Gasteiger partial charge in [-0.15, -0.1) is 0 Å². The van der Waals surface area contributed by atoms with Gasteiger partial charge >= 0.3 is 5.97 Å². The number of carbonyl (C=O) groups excluding carboxylic acids is 1. The molecule has 3 heteroatoms. The molecule has 88 valence electrons. The summed E-state index contributed by atoms with van der Waals surface area (Å²) in [5, 5.41) is 0. The number of nitrogens with two attached hydrogens (primary N) is 1. The van der Waals surface area contributed by atoms with Gasteiger partial charge in [-0.05, 0) is 24.5 Å². The van der Waals surface area contributed by atoms with Crippen LogP contribution < -0.4 is 5.73 Å². The number of rotatable bonds is 4. The fourth-order valence-corrected chi connectivity index (χ4v) is 1.62. The van der Waals surface area contributed by atoms with Crippen molar-refractivity contribution >= 4 is 5.97 Å². The van der Waals surface area contributed by atoms with E-state index in [2.05, 4.69) is 23.8 Å². The lowest BCUT2D eigenvalue weighted by Crippen LogP contribution is -2.47. The molecule has 16 heavy (non-hydrogen) atoms. The van der Waals surface area contributed by atoms with Crippen LogP contribution in [0.15, 0.2) is 24.3 Å². The van der Waals surface area contributed by atoms with Crippen LogP contribution in [0.25, 0.3) is 0 Å². The lowest BCUT2D eigenvalue weighted by Gasteiger charge is -2.21. The predicted molar refractivity (Wildman–Crippen MR) is 64.1 cm³/mol. The molecule has 0 saturated carbocycles. The Morgan fingerprint density at radius 3 is 2.25 bits per heavy atom. The standard InChI is InChI=1S/C13H19NO2/c1-4-10-5-7-11(8-6-10)9-13(2,14)12(15)16-3/h5-8H,4,9,14H2,1-3H3. The van der Waals surface area contributed by atoms with Crippen LogP contribution in [0.2, 0.25) is 0 Å². The summed E-state index contributed by atoms with van der Waals surface area (Å²) in [6.45, 7) is 3.79. The molecular formula is C13H19NO2. The Morgan fingerprint density at radius 1 is 1.31 bits per heavy atom. The van der Waals surface area contributed by atoms with Crippen LogP contribution in [0.5, 0.6) is 0 Å². The maximum absolute atomic E-state index is 11.4. The fourth-order valence-electron chi connectivity index (χ4n) is 1.62. The molecule has 0 bridgehead atoms. The van der Waals surface area contributed by atoms with Gasteiger partial charge in [0.25, 0.3) is 0 Å². The minimum absolute atomic E-state index is 0.382. The van der Waals surface area contributed by atoms with E-state index in [9.17, 15) is 4.79 Å². The van der Waals surface area contributed by atoms with Crippen molar-refractivity contribution in [2.24, 2.45) is 5.73 Å². The predicted octanol–water partition coefficient (Wildman–Crippen LogP) is 1.68. The first-order valence-corrected chi connectivity index (χ1v) is 5.44. The van der Waals surface area contributed by atoms with Crippen LogP contribution in [-0.4, -0.2) is 18.6 Å². The number of methoxy groups -OCH3 is 1. The number of esters is 1. The molecule has 1 aromatic carbocycles. The number of carbonyl (C=O) groups is 1. The van der Waals surface area contributed by atoms with Gasteiger partial charge in [0.1, 0.15) is 5.54 Å². The monoisotopic (exact) mass is 221 g/mol. The third kappa shape index (κ3) is 3.07. The molecule has 0 spiro atoms. The molecule has 1 aromatic rings. The van der Waals surface area contributed by atoms with Crippen molar-refractivity contribution in [1.82, 2.24) is 0 Å². The topological polar surface area (TPSA) is 52.3 Å². The number of hydrogen-bond donors (Lipinski definition) is 1. The van der Waals surface area contributed by atoms with E-state index >= 15 is 0 Å². The third-order valence-electron chi connectivity index (χ3n) is 2.65. The van der Waals surface area contributed by atoms with Crippen LogP contribution in [0.3, 0.4) is 0 Å². The second-order valence-corrected chi connectivity index (χ2v) is 4.26. The zero-order valence-corrected chi connectivity index (χ0v) is 10.1. The highest BCUT2D eigenvalue weighted by Gasteiger charge is 2.29. The smallest absolute Gasteiger partial charge is 0.325 e. The van der Waals surface area contributed by atoms with E-state index < -0.39 is 5.54 Å². The summed E-state index contributed by atoms with van der Waals surface area (Å²) in [5.41, 5.74) is 7.27. The molecule has 2 N–H and O–H groups in total. The Balaban J connectivity index is 2.76. The average molecular weight is 221 g/mol. The Kier molecular flexibility index (Phi) is 4.07. The number of benzene rings is 1. The SMILES string of the molecule is CCc1ccc(CC(C)(N)C(=O)OC)cc1. The van der Waals surface area contributed by atoms with E-state index in [1.165, 1.54) is 12.7 Å². The van der Waals surface area contributed by atoms with Gasteiger partial charge in [0.05, 0.1) is 7.11 Å². The highest BCUT2D eigenvalue weighted by molar-refractivity contribution is 5.80. The molecule has 0 heterocycles. The second kappa shape index (κ2) is 5.12. The molecule has 0 radical (unpaired) electrons. The molecule has 0 aliphatic carbocycles. The zero-order chi connectivity index (χ0) is 12.2. The van der Waals surface area contributed by atoms with Crippen LogP contribution >= 0.6 is 0 Å². The molecule has 0 saturated heterocycles. The molecule has 0 aromatic heterocycles.